The van der Waals surface area contributed by atoms with Gasteiger partial charge in [0.1, 0.15) is 5.69 Å². The van der Waals surface area contributed by atoms with Gasteiger partial charge in [-0.3, -0.25) is 19.6 Å². The molecule has 10 nitrogen and oxygen atoms in total. The Hall–Kier alpha value is -3.53. The van der Waals surface area contributed by atoms with Gasteiger partial charge >= 0.3 is 0 Å². The van der Waals surface area contributed by atoms with E-state index in [0.29, 0.717) is 28.8 Å². The van der Waals surface area contributed by atoms with Gasteiger partial charge in [0.15, 0.2) is 0 Å². The predicted molar refractivity (Wildman–Crippen MR) is 117 cm³/mol. The number of carbonyl (C=O) groups is 3. The highest BCUT2D eigenvalue weighted by molar-refractivity contribution is 5.93. The molecule has 10 heteroatoms. The summed E-state index contributed by atoms with van der Waals surface area (Å²) in [7, 11) is 1.52. The Kier molecular flexibility index (Phi) is 10.1. The summed E-state index contributed by atoms with van der Waals surface area (Å²) < 4.78 is 5.11. The lowest BCUT2D eigenvalue weighted by Crippen LogP contribution is -2.43. The minimum absolute atomic E-state index is 0.107. The molecule has 0 saturated heterocycles. The Morgan fingerprint density at radius 2 is 1.84 bits per heavy atom. The van der Waals surface area contributed by atoms with Crippen molar-refractivity contribution in [2.75, 3.05) is 20.3 Å². The van der Waals surface area contributed by atoms with Gasteiger partial charge in [-0.25, -0.2) is 15.0 Å². The number of nitrogens with zero attached hydrogens (tertiary/aromatic N) is 3. The number of nitrogens with one attached hydrogen (secondary N) is 2. The molecule has 2 heterocycles. The van der Waals surface area contributed by atoms with Crippen molar-refractivity contribution in [2.45, 2.75) is 32.6 Å². The molecule has 3 amide bonds. The summed E-state index contributed by atoms with van der Waals surface area (Å²) in [5, 5.41) is 15.1. The molecule has 2 aromatic heterocycles. The van der Waals surface area contributed by atoms with Crippen molar-refractivity contribution in [2.24, 2.45) is 5.92 Å². The van der Waals surface area contributed by atoms with Crippen molar-refractivity contribution in [1.82, 2.24) is 25.7 Å². The third-order valence-corrected chi connectivity index (χ3v) is 4.74. The third-order valence-electron chi connectivity index (χ3n) is 4.74. The van der Waals surface area contributed by atoms with Crippen molar-refractivity contribution in [3.05, 3.63) is 42.1 Å². The standard InChI is InChI=1S/C22H29N5O5/c1-3-4-5-8-16(13-27(31)15-28)21(29)23-14-24-22(30)19-11-6-9-17(25-19)18-10-7-12-20(26-18)32-2/h6-7,9-12,15-16,31H,3-5,8,13-14H2,1-2H3,(H,23,29)(H,24,30)/t16-/m1/s1. The molecule has 0 radical (unpaired) electrons. The average Bonchev–Trinajstić information content (AvgIpc) is 2.83. The molecule has 1 atom stereocenters. The molecule has 3 N–H and O–H groups in total. The summed E-state index contributed by atoms with van der Waals surface area (Å²) in [6.45, 7) is 1.82. The maximum absolute atomic E-state index is 12.5. The van der Waals surface area contributed by atoms with E-state index in [1.165, 1.54) is 7.11 Å². The maximum Gasteiger partial charge on any atom is 0.271 e. The van der Waals surface area contributed by atoms with Crippen LogP contribution in [0.3, 0.4) is 0 Å². The van der Waals surface area contributed by atoms with E-state index in [-0.39, 0.29) is 31.2 Å². The van der Waals surface area contributed by atoms with Crippen LogP contribution in [-0.4, -0.2) is 58.8 Å². The molecule has 2 rings (SSSR count). The molecule has 0 aliphatic heterocycles. The molecule has 0 bridgehead atoms. The SMILES string of the molecule is CCCCC[C@H](CN(O)C=O)C(=O)NCNC(=O)c1cccc(-c2cccc(OC)n2)n1. The molecule has 0 aliphatic rings. The van der Waals surface area contributed by atoms with E-state index >= 15 is 0 Å². The van der Waals surface area contributed by atoms with E-state index in [4.69, 9.17) is 4.74 Å². The van der Waals surface area contributed by atoms with Crippen LogP contribution in [0, 0.1) is 5.92 Å². The number of amides is 3. The van der Waals surface area contributed by atoms with Gasteiger partial charge in [-0.05, 0) is 24.6 Å². The van der Waals surface area contributed by atoms with Crippen LogP contribution < -0.4 is 15.4 Å². The molecule has 0 aromatic carbocycles. The Bertz CT molecular complexity index is 908. The summed E-state index contributed by atoms with van der Waals surface area (Å²) in [5.74, 6) is -0.959. The monoisotopic (exact) mass is 443 g/mol. The van der Waals surface area contributed by atoms with E-state index in [1.807, 2.05) is 6.92 Å². The van der Waals surface area contributed by atoms with Gasteiger partial charge in [0.2, 0.25) is 18.2 Å². The first-order chi connectivity index (χ1) is 15.5. The second-order valence-corrected chi connectivity index (χ2v) is 7.12. The van der Waals surface area contributed by atoms with E-state index in [0.717, 1.165) is 19.3 Å². The molecule has 2 aromatic rings. The fraction of sp³-hybridized carbons (Fsp3) is 0.409. The number of carbonyl (C=O) groups excluding carboxylic acids is 3. The zero-order chi connectivity index (χ0) is 23.3. The average molecular weight is 444 g/mol. The van der Waals surface area contributed by atoms with E-state index < -0.39 is 11.8 Å². The predicted octanol–water partition coefficient (Wildman–Crippen LogP) is 2.00. The highest BCUT2D eigenvalue weighted by Gasteiger charge is 2.20. The normalized spacial score (nSPS) is 11.3. The van der Waals surface area contributed by atoms with Gasteiger partial charge < -0.3 is 15.4 Å². The summed E-state index contributed by atoms with van der Waals surface area (Å²) >= 11 is 0. The van der Waals surface area contributed by atoms with Gasteiger partial charge in [-0.1, -0.05) is 38.3 Å². The fourth-order valence-corrected chi connectivity index (χ4v) is 3.04. The number of hydrogen-bond donors (Lipinski definition) is 3. The number of ether oxygens (including phenoxy) is 1. The summed E-state index contributed by atoms with van der Waals surface area (Å²) in [5.41, 5.74) is 1.24. The number of hydrogen-bond acceptors (Lipinski definition) is 7. The van der Waals surface area contributed by atoms with Gasteiger partial charge in [0.05, 0.1) is 37.6 Å². The number of methoxy groups -OCH3 is 1. The lowest BCUT2D eigenvalue weighted by atomic mass is 10.0. The molecule has 0 saturated carbocycles. The van der Waals surface area contributed by atoms with Gasteiger partial charge in [-0.2, -0.15) is 0 Å². The quantitative estimate of drug-likeness (QED) is 0.142. The van der Waals surface area contributed by atoms with Crippen molar-refractivity contribution >= 4 is 18.2 Å². The van der Waals surface area contributed by atoms with Gasteiger partial charge in [0.25, 0.3) is 5.91 Å². The Morgan fingerprint density at radius 1 is 1.12 bits per heavy atom. The van der Waals surface area contributed by atoms with Crippen LogP contribution in [0.4, 0.5) is 0 Å². The highest BCUT2D eigenvalue weighted by Crippen LogP contribution is 2.18. The number of rotatable bonds is 13. The first-order valence-electron chi connectivity index (χ1n) is 10.4. The van der Waals surface area contributed by atoms with Crippen LogP contribution in [0.1, 0.15) is 43.1 Å². The van der Waals surface area contributed by atoms with E-state index in [2.05, 4.69) is 20.6 Å². The lowest BCUT2D eigenvalue weighted by molar-refractivity contribution is -0.154. The van der Waals surface area contributed by atoms with Crippen molar-refractivity contribution < 1.29 is 24.3 Å². The van der Waals surface area contributed by atoms with E-state index in [9.17, 15) is 19.6 Å². The summed E-state index contributed by atoms with van der Waals surface area (Å²) in [6.07, 6.45) is 3.51. The fourth-order valence-electron chi connectivity index (χ4n) is 3.04. The maximum atomic E-state index is 12.5. The van der Waals surface area contributed by atoms with Crippen LogP contribution in [0.5, 0.6) is 5.88 Å². The second-order valence-electron chi connectivity index (χ2n) is 7.12. The number of unbranched alkanes of at least 4 members (excludes halogenated alkanes) is 2. The molecule has 0 aliphatic carbocycles. The first-order valence-corrected chi connectivity index (χ1v) is 10.4. The molecular formula is C22H29N5O5. The topological polar surface area (TPSA) is 134 Å². The highest BCUT2D eigenvalue weighted by atomic mass is 16.5. The zero-order valence-electron chi connectivity index (χ0n) is 18.3. The Morgan fingerprint density at radius 3 is 2.53 bits per heavy atom. The van der Waals surface area contributed by atoms with Gasteiger partial charge in [-0.15, -0.1) is 0 Å². The van der Waals surface area contributed by atoms with Crippen molar-refractivity contribution in [1.29, 1.82) is 0 Å². The molecule has 0 fully saturated rings. The molecular weight excluding hydrogens is 414 g/mol. The Labute approximate surface area is 187 Å². The van der Waals surface area contributed by atoms with E-state index in [1.54, 1.807) is 36.4 Å². The largest absolute Gasteiger partial charge is 0.481 e. The van der Waals surface area contributed by atoms with Crippen LogP contribution in [-0.2, 0) is 9.59 Å². The lowest BCUT2D eigenvalue weighted by Gasteiger charge is -2.19. The van der Waals surface area contributed by atoms with Crippen LogP contribution >= 0.6 is 0 Å². The molecule has 172 valence electrons. The number of hydroxylamine groups is 2. The molecule has 0 unspecified atom stereocenters. The smallest absolute Gasteiger partial charge is 0.271 e. The third kappa shape index (κ3) is 7.62. The minimum Gasteiger partial charge on any atom is -0.481 e. The second kappa shape index (κ2) is 13.0. The Balaban J connectivity index is 1.94. The van der Waals surface area contributed by atoms with Crippen molar-refractivity contribution in [3.63, 3.8) is 0 Å². The minimum atomic E-state index is -0.575. The van der Waals surface area contributed by atoms with Crippen LogP contribution in [0.15, 0.2) is 36.4 Å². The zero-order valence-corrected chi connectivity index (χ0v) is 18.3. The van der Waals surface area contributed by atoms with Crippen molar-refractivity contribution in [3.8, 4) is 17.3 Å². The number of aromatic nitrogens is 2. The summed E-state index contributed by atoms with van der Waals surface area (Å²) in [6, 6.07) is 10.2. The van der Waals surface area contributed by atoms with Crippen LogP contribution in [0.2, 0.25) is 0 Å². The summed E-state index contributed by atoms with van der Waals surface area (Å²) in [4.78, 5) is 44.3. The molecule has 0 spiro atoms. The van der Waals surface area contributed by atoms with Gasteiger partial charge in [0, 0.05) is 6.07 Å². The van der Waals surface area contributed by atoms with Crippen LogP contribution in [0.25, 0.3) is 11.4 Å². The first kappa shape index (κ1) is 24.7. The molecule has 32 heavy (non-hydrogen) atoms. The number of pyridine rings is 2.